The van der Waals surface area contributed by atoms with Crippen LogP contribution in [0, 0.1) is 6.92 Å². The number of hydrogen-bond acceptors (Lipinski definition) is 3. The summed E-state index contributed by atoms with van der Waals surface area (Å²) in [4.78, 5) is 14.5. The molecule has 0 aromatic heterocycles. The van der Waals surface area contributed by atoms with E-state index in [0.717, 1.165) is 12.8 Å². The van der Waals surface area contributed by atoms with Crippen molar-refractivity contribution in [2.24, 2.45) is 5.73 Å². The van der Waals surface area contributed by atoms with Gasteiger partial charge in [0.1, 0.15) is 0 Å². The Bertz CT molecular complexity index is 584. The third kappa shape index (κ3) is 2.34. The van der Waals surface area contributed by atoms with Gasteiger partial charge in [-0.25, -0.2) is 0 Å². The molecule has 2 saturated heterocycles. The molecule has 0 radical (unpaired) electrons. The fourth-order valence-corrected chi connectivity index (χ4v) is 4.26. The highest BCUT2D eigenvalue weighted by Crippen LogP contribution is 2.52. The predicted octanol–water partition coefficient (Wildman–Crippen LogP) is 2.11. The van der Waals surface area contributed by atoms with Crippen molar-refractivity contribution in [3.63, 3.8) is 0 Å². The van der Waals surface area contributed by atoms with Crippen LogP contribution in [0.5, 0.6) is 0 Å². The van der Waals surface area contributed by atoms with E-state index in [-0.39, 0.29) is 29.9 Å². The number of fused-ring (bicyclic) bond motifs is 1. The van der Waals surface area contributed by atoms with Crippen LogP contribution in [0.15, 0.2) is 24.3 Å². The van der Waals surface area contributed by atoms with Crippen LogP contribution in [0.4, 0.5) is 0 Å². The second-order valence-electron chi connectivity index (χ2n) is 7.07. The van der Waals surface area contributed by atoms with Gasteiger partial charge in [-0.15, -0.1) is 12.4 Å². The Morgan fingerprint density at radius 1 is 1.36 bits per heavy atom. The fourth-order valence-electron chi connectivity index (χ4n) is 4.26. The molecular formula is C17H25ClN2O2. The lowest BCUT2D eigenvalue weighted by Gasteiger charge is -2.40. The van der Waals surface area contributed by atoms with Crippen molar-refractivity contribution in [1.82, 2.24) is 4.90 Å². The molecule has 4 nitrogen and oxygen atoms in total. The highest BCUT2D eigenvalue weighted by Gasteiger charge is 2.59. The number of carbonyl (C=O) groups excluding carboxylic acids is 1. The van der Waals surface area contributed by atoms with Crippen molar-refractivity contribution >= 4 is 18.3 Å². The van der Waals surface area contributed by atoms with E-state index in [1.165, 1.54) is 11.1 Å². The van der Waals surface area contributed by atoms with Crippen LogP contribution in [0.2, 0.25) is 0 Å². The normalized spacial score (nSPS) is 31.1. The first kappa shape index (κ1) is 17.3. The average Bonchev–Trinajstić information content (AvgIpc) is 2.88. The number of halogens is 1. The molecule has 0 bridgehead atoms. The summed E-state index contributed by atoms with van der Waals surface area (Å²) in [5, 5.41) is 10.5. The van der Waals surface area contributed by atoms with E-state index in [2.05, 4.69) is 19.1 Å². The molecule has 122 valence electrons. The molecule has 1 amide bonds. The number of aliphatic hydroxyl groups is 1. The Morgan fingerprint density at radius 2 is 2.00 bits per heavy atom. The minimum atomic E-state index is -0.913. The lowest BCUT2D eigenvalue weighted by Crippen LogP contribution is -2.52. The summed E-state index contributed by atoms with van der Waals surface area (Å²) in [6, 6.07) is 7.57. The highest BCUT2D eigenvalue weighted by molar-refractivity contribution is 5.86. The van der Waals surface area contributed by atoms with Crippen molar-refractivity contribution in [3.05, 3.63) is 35.4 Å². The Labute approximate surface area is 138 Å². The van der Waals surface area contributed by atoms with Crippen LogP contribution in [-0.2, 0) is 10.3 Å². The lowest BCUT2D eigenvalue weighted by molar-refractivity contribution is -0.138. The first-order valence-corrected chi connectivity index (χ1v) is 7.64. The monoisotopic (exact) mass is 324 g/mol. The molecule has 1 aromatic carbocycles. The number of aryl methyl sites for hydroxylation is 1. The maximum atomic E-state index is 12.6. The van der Waals surface area contributed by atoms with E-state index < -0.39 is 11.6 Å². The number of hydrogen-bond donors (Lipinski definition) is 2. The quantitative estimate of drug-likeness (QED) is 0.875. The summed E-state index contributed by atoms with van der Waals surface area (Å²) < 4.78 is 0. The molecule has 1 aromatic rings. The maximum Gasteiger partial charge on any atom is 0.240 e. The zero-order valence-corrected chi connectivity index (χ0v) is 14.2. The van der Waals surface area contributed by atoms with Gasteiger partial charge in [0, 0.05) is 0 Å². The molecule has 5 heteroatoms. The zero-order chi connectivity index (χ0) is 15.4. The molecule has 3 rings (SSSR count). The van der Waals surface area contributed by atoms with Crippen LogP contribution < -0.4 is 5.73 Å². The predicted molar refractivity (Wildman–Crippen MR) is 88.9 cm³/mol. The van der Waals surface area contributed by atoms with Crippen molar-refractivity contribution < 1.29 is 9.90 Å². The van der Waals surface area contributed by atoms with E-state index in [1.54, 1.807) is 13.8 Å². The number of amides is 1. The second kappa shape index (κ2) is 5.52. The number of benzene rings is 1. The summed E-state index contributed by atoms with van der Waals surface area (Å²) in [6.45, 7) is 5.64. The minimum Gasteiger partial charge on any atom is -0.388 e. The SMILES string of the molecule is Cc1ccccc1[C@]12CC[C@H](C(C)(C)O)N1C(=O)[C@@H](N)C2.Cl. The van der Waals surface area contributed by atoms with Crippen molar-refractivity contribution in [3.8, 4) is 0 Å². The molecule has 0 saturated carbocycles. The third-order valence-electron chi connectivity index (χ3n) is 5.18. The molecule has 3 N–H and O–H groups in total. The van der Waals surface area contributed by atoms with Gasteiger partial charge in [0.2, 0.25) is 5.91 Å². The summed E-state index contributed by atoms with van der Waals surface area (Å²) in [7, 11) is 0. The first-order chi connectivity index (χ1) is 9.77. The molecule has 3 atom stereocenters. The second-order valence-corrected chi connectivity index (χ2v) is 7.07. The molecule has 0 unspecified atom stereocenters. The Kier molecular flexibility index (Phi) is 4.33. The van der Waals surface area contributed by atoms with Gasteiger partial charge >= 0.3 is 0 Å². The Balaban J connectivity index is 0.00000176. The largest absolute Gasteiger partial charge is 0.388 e. The third-order valence-corrected chi connectivity index (χ3v) is 5.18. The average molecular weight is 325 g/mol. The number of carbonyl (C=O) groups is 1. The smallest absolute Gasteiger partial charge is 0.240 e. The van der Waals surface area contributed by atoms with Crippen molar-refractivity contribution in [2.45, 2.75) is 63.3 Å². The zero-order valence-electron chi connectivity index (χ0n) is 13.4. The first-order valence-electron chi connectivity index (χ1n) is 7.64. The van der Waals surface area contributed by atoms with Gasteiger partial charge < -0.3 is 15.7 Å². The lowest BCUT2D eigenvalue weighted by atomic mass is 9.82. The Hall–Kier alpha value is -1.10. The van der Waals surface area contributed by atoms with Gasteiger partial charge in [0.25, 0.3) is 0 Å². The number of rotatable bonds is 2. The van der Waals surface area contributed by atoms with E-state index in [0.29, 0.717) is 6.42 Å². The van der Waals surface area contributed by atoms with Gasteiger partial charge in [-0.05, 0) is 51.2 Å². The summed E-state index contributed by atoms with van der Waals surface area (Å²) in [6.07, 6.45) is 2.32. The van der Waals surface area contributed by atoms with E-state index in [4.69, 9.17) is 5.73 Å². The fraction of sp³-hybridized carbons (Fsp3) is 0.588. The van der Waals surface area contributed by atoms with Crippen LogP contribution in [0.3, 0.4) is 0 Å². The molecule has 22 heavy (non-hydrogen) atoms. The maximum absolute atomic E-state index is 12.6. The van der Waals surface area contributed by atoms with Crippen LogP contribution in [0.25, 0.3) is 0 Å². The number of nitrogens with two attached hydrogens (primary N) is 1. The van der Waals surface area contributed by atoms with Gasteiger partial charge in [-0.2, -0.15) is 0 Å². The molecule has 2 aliphatic rings. The number of nitrogens with zero attached hydrogens (tertiary/aromatic N) is 1. The standard InChI is InChI=1S/C17H24N2O2.ClH/c1-11-6-4-5-7-12(11)17-9-8-14(16(2,3)21)19(17)15(20)13(18)10-17;/h4-7,13-14,21H,8-10,18H2,1-3H3;1H/t13-,14+,17+;/m0./s1. The topological polar surface area (TPSA) is 66.6 Å². The molecule has 0 spiro atoms. The van der Waals surface area contributed by atoms with Gasteiger partial charge in [-0.1, -0.05) is 24.3 Å². The van der Waals surface area contributed by atoms with Crippen molar-refractivity contribution in [1.29, 1.82) is 0 Å². The summed E-state index contributed by atoms with van der Waals surface area (Å²) in [5.74, 6) is -0.0251. The van der Waals surface area contributed by atoms with Gasteiger partial charge in [0.05, 0.1) is 23.2 Å². The minimum absolute atomic E-state index is 0. The van der Waals surface area contributed by atoms with E-state index in [1.807, 2.05) is 17.0 Å². The highest BCUT2D eigenvalue weighted by atomic mass is 35.5. The molecule has 2 aliphatic heterocycles. The Morgan fingerprint density at radius 3 is 2.59 bits per heavy atom. The van der Waals surface area contributed by atoms with Crippen LogP contribution in [-0.4, -0.2) is 33.6 Å². The molecule has 2 fully saturated rings. The molecule has 2 heterocycles. The summed E-state index contributed by atoms with van der Waals surface area (Å²) >= 11 is 0. The van der Waals surface area contributed by atoms with E-state index >= 15 is 0 Å². The molecular weight excluding hydrogens is 300 g/mol. The van der Waals surface area contributed by atoms with Crippen molar-refractivity contribution in [2.75, 3.05) is 0 Å². The van der Waals surface area contributed by atoms with E-state index in [9.17, 15) is 9.90 Å². The van der Waals surface area contributed by atoms with Crippen LogP contribution >= 0.6 is 12.4 Å². The molecule has 0 aliphatic carbocycles. The summed E-state index contributed by atoms with van der Waals surface area (Å²) in [5.41, 5.74) is 7.18. The van der Waals surface area contributed by atoms with Gasteiger partial charge in [0.15, 0.2) is 0 Å². The van der Waals surface area contributed by atoms with Gasteiger partial charge in [-0.3, -0.25) is 4.79 Å². The van der Waals surface area contributed by atoms with Crippen LogP contribution in [0.1, 0.15) is 44.2 Å².